The van der Waals surface area contributed by atoms with Gasteiger partial charge < -0.3 is 9.84 Å². The first-order valence-corrected chi connectivity index (χ1v) is 8.14. The highest BCUT2D eigenvalue weighted by atomic mass is 35.5. The third-order valence-corrected chi connectivity index (χ3v) is 4.02. The van der Waals surface area contributed by atoms with E-state index in [9.17, 15) is 5.11 Å². The van der Waals surface area contributed by atoms with Crippen LogP contribution < -0.4 is 4.74 Å². The van der Waals surface area contributed by atoms with E-state index in [-0.39, 0.29) is 12.6 Å². The molecule has 0 radical (unpaired) electrons. The standard InChI is InChI=1S/C18H23ClN2O2/c1-3-18(14-8-10-20-11-9-14)21(2)12-16(22)13-23-17-6-4-15(19)5-7-17/h4-11,16,18,22H,3,12-13H2,1-2H3. The van der Waals surface area contributed by atoms with Crippen LogP contribution in [0.3, 0.4) is 0 Å². The Morgan fingerprint density at radius 1 is 1.17 bits per heavy atom. The van der Waals surface area contributed by atoms with Gasteiger partial charge in [0.2, 0.25) is 0 Å². The van der Waals surface area contributed by atoms with Crippen molar-refractivity contribution in [3.05, 3.63) is 59.4 Å². The van der Waals surface area contributed by atoms with Gasteiger partial charge in [-0.2, -0.15) is 0 Å². The van der Waals surface area contributed by atoms with Crippen LogP contribution in [0.4, 0.5) is 0 Å². The summed E-state index contributed by atoms with van der Waals surface area (Å²) in [6.45, 7) is 2.92. The SMILES string of the molecule is CCC(c1ccncc1)N(C)CC(O)COc1ccc(Cl)cc1. The number of benzene rings is 1. The van der Waals surface area contributed by atoms with Gasteiger partial charge in [0.25, 0.3) is 0 Å². The van der Waals surface area contributed by atoms with Crippen LogP contribution in [-0.4, -0.2) is 41.3 Å². The molecule has 0 aliphatic heterocycles. The molecule has 2 aromatic rings. The molecule has 0 amide bonds. The van der Waals surface area contributed by atoms with Crippen LogP contribution in [0, 0.1) is 0 Å². The maximum Gasteiger partial charge on any atom is 0.119 e. The topological polar surface area (TPSA) is 45.6 Å². The maximum atomic E-state index is 10.2. The second-order valence-electron chi connectivity index (χ2n) is 5.56. The summed E-state index contributed by atoms with van der Waals surface area (Å²) in [5, 5.41) is 10.9. The van der Waals surface area contributed by atoms with Crippen molar-refractivity contribution in [1.82, 2.24) is 9.88 Å². The molecule has 1 aromatic heterocycles. The highest BCUT2D eigenvalue weighted by molar-refractivity contribution is 6.30. The number of rotatable bonds is 8. The molecule has 0 bridgehead atoms. The smallest absolute Gasteiger partial charge is 0.119 e. The number of nitrogens with zero attached hydrogens (tertiary/aromatic N) is 2. The van der Waals surface area contributed by atoms with Crippen LogP contribution >= 0.6 is 11.6 Å². The molecule has 1 N–H and O–H groups in total. The minimum atomic E-state index is -0.563. The summed E-state index contributed by atoms with van der Waals surface area (Å²) in [5.74, 6) is 0.706. The van der Waals surface area contributed by atoms with E-state index in [1.54, 1.807) is 36.7 Å². The van der Waals surface area contributed by atoms with Gasteiger partial charge >= 0.3 is 0 Å². The van der Waals surface area contributed by atoms with Gasteiger partial charge in [-0.3, -0.25) is 9.88 Å². The number of hydrogen-bond acceptors (Lipinski definition) is 4. The number of likely N-dealkylation sites (N-methyl/N-ethyl adjacent to an activating group) is 1. The van der Waals surface area contributed by atoms with Crippen molar-refractivity contribution in [1.29, 1.82) is 0 Å². The number of pyridine rings is 1. The summed E-state index contributed by atoms with van der Waals surface area (Å²) in [6, 6.07) is 11.4. The Kier molecular flexibility index (Phi) is 6.84. The molecule has 4 nitrogen and oxygen atoms in total. The summed E-state index contributed by atoms with van der Waals surface area (Å²) < 4.78 is 5.60. The Morgan fingerprint density at radius 3 is 2.43 bits per heavy atom. The number of hydrogen-bond donors (Lipinski definition) is 1. The van der Waals surface area contributed by atoms with Gasteiger partial charge in [0.15, 0.2) is 0 Å². The Bertz CT molecular complexity index is 577. The van der Waals surface area contributed by atoms with Crippen molar-refractivity contribution in [2.45, 2.75) is 25.5 Å². The summed E-state index contributed by atoms with van der Waals surface area (Å²) in [7, 11) is 2.01. The molecule has 0 aliphatic carbocycles. The number of aliphatic hydroxyl groups is 1. The summed E-state index contributed by atoms with van der Waals surface area (Å²) in [6.07, 6.45) is 4.00. The second-order valence-corrected chi connectivity index (χ2v) is 6.00. The Morgan fingerprint density at radius 2 is 1.83 bits per heavy atom. The van der Waals surface area contributed by atoms with E-state index in [1.165, 1.54) is 5.56 Å². The Hall–Kier alpha value is -1.62. The molecule has 1 heterocycles. The molecule has 0 saturated heterocycles. The molecular formula is C18H23ClN2O2. The zero-order chi connectivity index (χ0) is 16.7. The molecule has 23 heavy (non-hydrogen) atoms. The van der Waals surface area contributed by atoms with Gasteiger partial charge in [-0.15, -0.1) is 0 Å². The van der Waals surface area contributed by atoms with Crippen LogP contribution in [0.25, 0.3) is 0 Å². The fraction of sp³-hybridized carbons (Fsp3) is 0.389. The quantitative estimate of drug-likeness (QED) is 0.801. The molecule has 2 atom stereocenters. The van der Waals surface area contributed by atoms with Gasteiger partial charge in [-0.05, 0) is 55.4 Å². The highest BCUT2D eigenvalue weighted by Gasteiger charge is 2.18. The molecule has 5 heteroatoms. The Labute approximate surface area is 142 Å². The first-order valence-electron chi connectivity index (χ1n) is 7.76. The molecule has 124 valence electrons. The monoisotopic (exact) mass is 334 g/mol. The van der Waals surface area contributed by atoms with Crippen LogP contribution in [0.2, 0.25) is 5.02 Å². The van der Waals surface area contributed by atoms with Crippen molar-refractivity contribution in [2.75, 3.05) is 20.2 Å². The summed E-state index contributed by atoms with van der Waals surface area (Å²) >= 11 is 5.84. The average molecular weight is 335 g/mol. The van der Waals surface area contributed by atoms with Crippen LogP contribution in [-0.2, 0) is 0 Å². The van der Waals surface area contributed by atoms with Crippen molar-refractivity contribution < 1.29 is 9.84 Å². The second kappa shape index (κ2) is 8.87. The number of aromatic nitrogens is 1. The van der Waals surface area contributed by atoms with E-state index in [4.69, 9.17) is 16.3 Å². The molecule has 2 unspecified atom stereocenters. The van der Waals surface area contributed by atoms with Crippen molar-refractivity contribution in [3.63, 3.8) is 0 Å². The lowest BCUT2D eigenvalue weighted by Gasteiger charge is -2.29. The fourth-order valence-electron chi connectivity index (χ4n) is 2.62. The van der Waals surface area contributed by atoms with E-state index < -0.39 is 6.10 Å². The van der Waals surface area contributed by atoms with Crippen LogP contribution in [0.5, 0.6) is 5.75 Å². The first kappa shape index (κ1) is 17.7. The maximum absolute atomic E-state index is 10.2. The van der Waals surface area contributed by atoms with Gasteiger partial charge in [-0.25, -0.2) is 0 Å². The van der Waals surface area contributed by atoms with Gasteiger partial charge in [0.05, 0.1) is 0 Å². The molecule has 0 aliphatic rings. The normalized spacial score (nSPS) is 13.8. The molecule has 0 fully saturated rings. The third kappa shape index (κ3) is 5.50. The molecule has 1 aromatic carbocycles. The van der Waals surface area contributed by atoms with Crippen molar-refractivity contribution in [2.24, 2.45) is 0 Å². The van der Waals surface area contributed by atoms with Crippen LogP contribution in [0.1, 0.15) is 24.9 Å². The third-order valence-electron chi connectivity index (χ3n) is 3.76. The predicted octanol–water partition coefficient (Wildman–Crippen LogP) is 3.56. The Balaban J connectivity index is 1.85. The minimum Gasteiger partial charge on any atom is -0.491 e. The van der Waals surface area contributed by atoms with Gasteiger partial charge in [0, 0.05) is 30.0 Å². The molecule has 2 rings (SSSR count). The zero-order valence-corrected chi connectivity index (χ0v) is 14.3. The largest absolute Gasteiger partial charge is 0.491 e. The van der Waals surface area contributed by atoms with Crippen molar-refractivity contribution in [3.8, 4) is 5.75 Å². The van der Waals surface area contributed by atoms with E-state index in [1.807, 2.05) is 19.2 Å². The van der Waals surface area contributed by atoms with E-state index in [2.05, 4.69) is 16.8 Å². The lowest BCUT2D eigenvalue weighted by molar-refractivity contribution is 0.0620. The molecular weight excluding hydrogens is 312 g/mol. The highest BCUT2D eigenvalue weighted by Crippen LogP contribution is 2.22. The van der Waals surface area contributed by atoms with Crippen LogP contribution in [0.15, 0.2) is 48.8 Å². The molecule has 0 saturated carbocycles. The number of aliphatic hydroxyl groups excluding tert-OH is 1. The predicted molar refractivity (Wildman–Crippen MR) is 92.9 cm³/mol. The summed E-state index contributed by atoms with van der Waals surface area (Å²) in [4.78, 5) is 6.20. The van der Waals surface area contributed by atoms with E-state index in [0.717, 1.165) is 6.42 Å². The molecule has 0 spiro atoms. The van der Waals surface area contributed by atoms with Gasteiger partial charge in [0.1, 0.15) is 18.5 Å². The first-order chi connectivity index (χ1) is 11.1. The average Bonchev–Trinajstić information content (AvgIpc) is 2.56. The van der Waals surface area contributed by atoms with Crippen molar-refractivity contribution >= 4 is 11.6 Å². The number of ether oxygens (including phenoxy) is 1. The fourth-order valence-corrected chi connectivity index (χ4v) is 2.75. The number of halogens is 1. The lowest BCUT2D eigenvalue weighted by Crippen LogP contribution is -2.35. The summed E-state index contributed by atoms with van der Waals surface area (Å²) in [5.41, 5.74) is 1.20. The lowest BCUT2D eigenvalue weighted by atomic mass is 10.0. The van der Waals surface area contributed by atoms with E-state index >= 15 is 0 Å². The zero-order valence-electron chi connectivity index (χ0n) is 13.5. The minimum absolute atomic E-state index is 0.249. The van der Waals surface area contributed by atoms with E-state index in [0.29, 0.717) is 17.3 Å². The van der Waals surface area contributed by atoms with Gasteiger partial charge in [-0.1, -0.05) is 18.5 Å².